The molecule has 3 nitrogen and oxygen atoms in total. The lowest BCUT2D eigenvalue weighted by Crippen LogP contribution is -1.97. The highest BCUT2D eigenvalue weighted by molar-refractivity contribution is 5.34. The van der Waals surface area contributed by atoms with Crippen molar-refractivity contribution in [2.24, 2.45) is 0 Å². The van der Waals surface area contributed by atoms with Gasteiger partial charge in [-0.15, -0.1) is 0 Å². The zero-order valence-electron chi connectivity index (χ0n) is 5.32. The van der Waals surface area contributed by atoms with Crippen LogP contribution in [0.3, 0.4) is 0 Å². The second-order valence-corrected chi connectivity index (χ2v) is 2.24. The first-order valence-electron chi connectivity index (χ1n) is 3.13. The Bertz CT molecular complexity index is 249. The number of hydrogen-bond donors (Lipinski definition) is 1. The summed E-state index contributed by atoms with van der Waals surface area (Å²) in [5, 5.41) is 9.23. The molecule has 0 saturated heterocycles. The second-order valence-electron chi connectivity index (χ2n) is 2.24. The van der Waals surface area contributed by atoms with E-state index in [1.807, 2.05) is 0 Å². The molecule has 0 spiro atoms. The summed E-state index contributed by atoms with van der Waals surface area (Å²) in [5.74, 6) is 0.704. The average molecular weight is 137 g/mol. The third-order valence-corrected chi connectivity index (χ3v) is 1.57. The molecular formula is C7H7NO2. The van der Waals surface area contributed by atoms with Crippen molar-refractivity contribution in [3.8, 4) is 5.75 Å². The van der Waals surface area contributed by atoms with Crippen molar-refractivity contribution in [3.05, 3.63) is 24.0 Å². The van der Waals surface area contributed by atoms with Crippen molar-refractivity contribution in [3.63, 3.8) is 0 Å². The van der Waals surface area contributed by atoms with Crippen LogP contribution in [0, 0.1) is 0 Å². The van der Waals surface area contributed by atoms with E-state index < -0.39 is 6.10 Å². The molecule has 0 aromatic carbocycles. The summed E-state index contributed by atoms with van der Waals surface area (Å²) in [5.41, 5.74) is 0.843. The van der Waals surface area contributed by atoms with E-state index in [0.717, 1.165) is 5.56 Å². The van der Waals surface area contributed by atoms with Crippen molar-refractivity contribution < 1.29 is 9.84 Å². The Balaban J connectivity index is 2.51. The molecule has 1 aromatic rings. The summed E-state index contributed by atoms with van der Waals surface area (Å²) >= 11 is 0. The molecule has 1 N–H and O–H groups in total. The van der Waals surface area contributed by atoms with Crippen LogP contribution in [-0.2, 0) is 0 Å². The van der Waals surface area contributed by atoms with Gasteiger partial charge >= 0.3 is 0 Å². The number of ether oxygens (including phenoxy) is 1. The molecule has 2 heterocycles. The van der Waals surface area contributed by atoms with E-state index in [9.17, 15) is 5.11 Å². The van der Waals surface area contributed by atoms with Crippen molar-refractivity contribution in [2.45, 2.75) is 6.10 Å². The largest absolute Gasteiger partial charge is 0.489 e. The first kappa shape index (κ1) is 5.68. The van der Waals surface area contributed by atoms with Gasteiger partial charge in [0.05, 0.1) is 6.20 Å². The number of rotatable bonds is 0. The number of pyridine rings is 1. The molecule has 52 valence electrons. The van der Waals surface area contributed by atoms with Crippen LogP contribution in [0.25, 0.3) is 0 Å². The molecule has 1 aliphatic rings. The van der Waals surface area contributed by atoms with Crippen LogP contribution in [0.5, 0.6) is 5.75 Å². The number of aliphatic hydroxyl groups excluding tert-OH is 1. The van der Waals surface area contributed by atoms with Gasteiger partial charge in [-0.1, -0.05) is 0 Å². The monoisotopic (exact) mass is 137 g/mol. The van der Waals surface area contributed by atoms with Gasteiger partial charge in [0.1, 0.15) is 18.5 Å². The van der Waals surface area contributed by atoms with Gasteiger partial charge in [0.2, 0.25) is 0 Å². The summed E-state index contributed by atoms with van der Waals surface area (Å²) in [6.45, 7) is 0.362. The normalized spacial score (nSPS) is 21.9. The molecule has 2 rings (SSSR count). The molecule has 1 aliphatic heterocycles. The van der Waals surface area contributed by atoms with E-state index in [0.29, 0.717) is 12.4 Å². The minimum Gasteiger partial charge on any atom is -0.489 e. The van der Waals surface area contributed by atoms with Gasteiger partial charge in [-0.3, -0.25) is 4.98 Å². The molecule has 0 fully saturated rings. The quantitative estimate of drug-likeness (QED) is 0.566. The number of aromatic nitrogens is 1. The molecule has 3 heteroatoms. The number of aliphatic hydroxyl groups is 1. The van der Waals surface area contributed by atoms with Gasteiger partial charge < -0.3 is 9.84 Å². The van der Waals surface area contributed by atoms with E-state index in [4.69, 9.17) is 4.74 Å². The molecule has 0 saturated carbocycles. The topological polar surface area (TPSA) is 42.4 Å². The Morgan fingerprint density at radius 1 is 1.70 bits per heavy atom. The first-order valence-corrected chi connectivity index (χ1v) is 3.13. The lowest BCUT2D eigenvalue weighted by Gasteiger charge is -1.95. The summed E-state index contributed by atoms with van der Waals surface area (Å²) in [4.78, 5) is 3.85. The lowest BCUT2D eigenvalue weighted by molar-refractivity contribution is 0.140. The SMILES string of the molecule is OC1COc2cnccc21. The maximum Gasteiger partial charge on any atom is 0.143 e. The van der Waals surface area contributed by atoms with E-state index in [-0.39, 0.29) is 0 Å². The van der Waals surface area contributed by atoms with Crippen LogP contribution in [0.1, 0.15) is 11.7 Å². The van der Waals surface area contributed by atoms with Crippen LogP contribution in [0.4, 0.5) is 0 Å². The smallest absolute Gasteiger partial charge is 0.143 e. The molecule has 0 amide bonds. The summed E-state index contributed by atoms with van der Waals surface area (Å²) in [6, 6.07) is 1.77. The van der Waals surface area contributed by atoms with Crippen molar-refractivity contribution in [1.82, 2.24) is 4.98 Å². The van der Waals surface area contributed by atoms with Gasteiger partial charge in [0, 0.05) is 11.8 Å². The number of hydrogen-bond acceptors (Lipinski definition) is 3. The van der Waals surface area contributed by atoms with Crippen LogP contribution in [0.2, 0.25) is 0 Å². The predicted octanol–water partition coefficient (Wildman–Crippen LogP) is 0.507. The van der Waals surface area contributed by atoms with Crippen LogP contribution in [0.15, 0.2) is 18.5 Å². The van der Waals surface area contributed by atoms with Gasteiger partial charge in [-0.2, -0.15) is 0 Å². The van der Waals surface area contributed by atoms with Gasteiger partial charge in [0.15, 0.2) is 0 Å². The molecule has 1 atom stereocenters. The molecule has 1 unspecified atom stereocenters. The average Bonchev–Trinajstić information content (AvgIpc) is 2.34. The van der Waals surface area contributed by atoms with E-state index in [1.54, 1.807) is 18.5 Å². The van der Waals surface area contributed by atoms with Crippen LogP contribution < -0.4 is 4.74 Å². The summed E-state index contributed by atoms with van der Waals surface area (Å²) < 4.78 is 5.10. The number of fused-ring (bicyclic) bond motifs is 1. The second kappa shape index (κ2) is 1.95. The minimum atomic E-state index is -0.460. The standard InChI is InChI=1S/C7H7NO2/c9-6-4-10-7-3-8-2-1-5(6)7/h1-3,6,9H,4H2. The van der Waals surface area contributed by atoms with Crippen LogP contribution in [-0.4, -0.2) is 16.7 Å². The molecule has 0 bridgehead atoms. The maximum atomic E-state index is 9.23. The fourth-order valence-electron chi connectivity index (χ4n) is 1.05. The molecular weight excluding hydrogens is 130 g/mol. The Hall–Kier alpha value is -1.09. The predicted molar refractivity (Wildman–Crippen MR) is 34.7 cm³/mol. The van der Waals surface area contributed by atoms with Crippen molar-refractivity contribution in [2.75, 3.05) is 6.61 Å². The zero-order valence-corrected chi connectivity index (χ0v) is 5.32. The van der Waals surface area contributed by atoms with Crippen LogP contribution >= 0.6 is 0 Å². The van der Waals surface area contributed by atoms with Gasteiger partial charge in [-0.25, -0.2) is 0 Å². The number of nitrogens with zero attached hydrogens (tertiary/aromatic N) is 1. The van der Waals surface area contributed by atoms with Gasteiger partial charge in [-0.05, 0) is 6.07 Å². The lowest BCUT2D eigenvalue weighted by atomic mass is 10.2. The fraction of sp³-hybridized carbons (Fsp3) is 0.286. The highest BCUT2D eigenvalue weighted by Gasteiger charge is 2.20. The molecule has 0 radical (unpaired) electrons. The Morgan fingerprint density at radius 3 is 3.40 bits per heavy atom. The maximum absolute atomic E-state index is 9.23. The minimum absolute atomic E-state index is 0.362. The van der Waals surface area contributed by atoms with E-state index in [1.165, 1.54) is 0 Å². The fourth-order valence-corrected chi connectivity index (χ4v) is 1.05. The van der Waals surface area contributed by atoms with Gasteiger partial charge in [0.25, 0.3) is 0 Å². The van der Waals surface area contributed by atoms with Crippen molar-refractivity contribution >= 4 is 0 Å². The molecule has 0 aliphatic carbocycles. The zero-order chi connectivity index (χ0) is 6.97. The Kier molecular flexibility index (Phi) is 1.11. The molecule has 1 aromatic heterocycles. The van der Waals surface area contributed by atoms with E-state index >= 15 is 0 Å². The summed E-state index contributed by atoms with van der Waals surface area (Å²) in [7, 11) is 0. The first-order chi connectivity index (χ1) is 4.88. The molecule has 10 heavy (non-hydrogen) atoms. The highest BCUT2D eigenvalue weighted by Crippen LogP contribution is 2.30. The third kappa shape index (κ3) is 0.675. The van der Waals surface area contributed by atoms with Crippen molar-refractivity contribution in [1.29, 1.82) is 0 Å². The summed E-state index contributed by atoms with van der Waals surface area (Å²) in [6.07, 6.45) is 2.81. The Labute approximate surface area is 58.3 Å². The highest BCUT2D eigenvalue weighted by atomic mass is 16.5. The van der Waals surface area contributed by atoms with E-state index in [2.05, 4.69) is 4.98 Å². The third-order valence-electron chi connectivity index (χ3n) is 1.57. The Morgan fingerprint density at radius 2 is 2.60 bits per heavy atom.